The number of methoxy groups -OCH3 is 2. The van der Waals surface area contributed by atoms with E-state index in [9.17, 15) is 13.2 Å². The van der Waals surface area contributed by atoms with E-state index in [-0.39, 0.29) is 16.8 Å². The van der Waals surface area contributed by atoms with Gasteiger partial charge in [0.15, 0.2) is 5.11 Å². The van der Waals surface area contributed by atoms with Crippen LogP contribution in [0.2, 0.25) is 0 Å². The van der Waals surface area contributed by atoms with Gasteiger partial charge in [-0.3, -0.25) is 9.52 Å². The molecule has 0 aliphatic rings. The van der Waals surface area contributed by atoms with Crippen molar-refractivity contribution in [1.82, 2.24) is 15.4 Å². The van der Waals surface area contributed by atoms with Crippen molar-refractivity contribution in [2.45, 2.75) is 6.42 Å². The summed E-state index contributed by atoms with van der Waals surface area (Å²) in [6, 6.07) is 12.7. The summed E-state index contributed by atoms with van der Waals surface area (Å²) in [7, 11) is 1.01. The van der Waals surface area contributed by atoms with Crippen molar-refractivity contribution in [2.24, 2.45) is 0 Å². The van der Waals surface area contributed by atoms with Crippen molar-refractivity contribution in [3.8, 4) is 11.5 Å². The number of ether oxygens (including phenoxy) is 2. The first-order chi connectivity index (χ1) is 16.2. The van der Waals surface area contributed by atoms with Crippen LogP contribution >= 0.6 is 12.2 Å². The molecule has 0 aliphatic carbocycles. The molecule has 0 saturated carbocycles. The van der Waals surface area contributed by atoms with E-state index in [1.54, 1.807) is 38.5 Å². The van der Waals surface area contributed by atoms with E-state index in [0.29, 0.717) is 35.6 Å². The third-order valence-electron chi connectivity index (χ3n) is 4.74. The SMILES string of the molecule is C=C(CS(=O)(=O)NC(=S)NC)c1cccc(CCNC(=O)C=Cc2ccc(OC)cc2OC)c1. The number of benzene rings is 2. The Morgan fingerprint density at radius 3 is 2.59 bits per heavy atom. The van der Waals surface area contributed by atoms with E-state index in [2.05, 4.69) is 21.9 Å². The van der Waals surface area contributed by atoms with Gasteiger partial charge in [-0.2, -0.15) is 0 Å². The zero-order valence-corrected chi connectivity index (χ0v) is 21.0. The lowest BCUT2D eigenvalue weighted by atomic mass is 10.0. The van der Waals surface area contributed by atoms with Gasteiger partial charge in [0.05, 0.1) is 20.0 Å². The molecule has 0 unspecified atom stereocenters. The normalized spacial score (nSPS) is 11.0. The number of carbonyl (C=O) groups is 1. The Balaban J connectivity index is 1.91. The smallest absolute Gasteiger partial charge is 0.244 e. The summed E-state index contributed by atoms with van der Waals surface area (Å²) in [4.78, 5) is 12.2. The van der Waals surface area contributed by atoms with Crippen LogP contribution in [0.3, 0.4) is 0 Å². The highest BCUT2D eigenvalue weighted by molar-refractivity contribution is 7.92. The molecule has 2 rings (SSSR count). The van der Waals surface area contributed by atoms with Crippen LogP contribution in [-0.2, 0) is 21.2 Å². The standard InChI is InChI=1S/C24H29N3O5S2/c1-17(16-34(29,30)27-24(33)25-2)20-7-5-6-18(14-20)12-13-26-23(28)11-9-19-8-10-21(31-3)15-22(19)32-4/h5-11,14-15H,1,12-13,16H2,2-4H3,(H,26,28)(H2,25,27,33). The number of hydrogen-bond acceptors (Lipinski definition) is 6. The monoisotopic (exact) mass is 503 g/mol. The van der Waals surface area contributed by atoms with Crippen LogP contribution in [0.4, 0.5) is 0 Å². The molecule has 10 heteroatoms. The van der Waals surface area contributed by atoms with Crippen molar-refractivity contribution in [3.05, 3.63) is 71.8 Å². The van der Waals surface area contributed by atoms with Crippen LogP contribution in [0.25, 0.3) is 11.6 Å². The summed E-state index contributed by atoms with van der Waals surface area (Å²) in [5, 5.41) is 5.43. The lowest BCUT2D eigenvalue weighted by Gasteiger charge is -2.11. The van der Waals surface area contributed by atoms with Gasteiger partial charge in [-0.15, -0.1) is 0 Å². The number of nitrogens with one attached hydrogen (secondary N) is 3. The molecular weight excluding hydrogens is 474 g/mol. The lowest BCUT2D eigenvalue weighted by Crippen LogP contribution is -2.38. The maximum absolute atomic E-state index is 12.2. The van der Waals surface area contributed by atoms with Crippen molar-refractivity contribution < 1.29 is 22.7 Å². The van der Waals surface area contributed by atoms with E-state index in [0.717, 1.165) is 11.1 Å². The number of thiocarbonyl (C=S) groups is 1. The molecule has 0 fully saturated rings. The molecule has 2 aromatic carbocycles. The van der Waals surface area contributed by atoms with Gasteiger partial charge in [-0.05, 0) is 53.5 Å². The highest BCUT2D eigenvalue weighted by atomic mass is 32.2. The molecule has 0 radical (unpaired) electrons. The molecule has 182 valence electrons. The van der Waals surface area contributed by atoms with Gasteiger partial charge in [0, 0.05) is 31.3 Å². The lowest BCUT2D eigenvalue weighted by molar-refractivity contribution is -0.116. The fraction of sp³-hybridized carbons (Fsp3) is 0.250. The molecule has 1 amide bonds. The number of hydrogen-bond donors (Lipinski definition) is 3. The summed E-state index contributed by atoms with van der Waals surface area (Å²) in [5.74, 6) is 0.745. The third-order valence-corrected chi connectivity index (χ3v) is 6.42. The first kappa shape index (κ1) is 26.9. The van der Waals surface area contributed by atoms with Gasteiger partial charge in [0.25, 0.3) is 0 Å². The summed E-state index contributed by atoms with van der Waals surface area (Å²) in [6.07, 6.45) is 3.68. The van der Waals surface area contributed by atoms with Crippen LogP contribution in [0.1, 0.15) is 16.7 Å². The van der Waals surface area contributed by atoms with Crippen LogP contribution in [0, 0.1) is 0 Å². The minimum atomic E-state index is -3.65. The van der Waals surface area contributed by atoms with Crippen LogP contribution in [-0.4, -0.2) is 53.0 Å². The molecule has 0 spiro atoms. The maximum Gasteiger partial charge on any atom is 0.244 e. The minimum absolute atomic E-state index is 0.0248. The molecule has 0 aliphatic heterocycles. The van der Waals surface area contributed by atoms with Crippen molar-refractivity contribution in [1.29, 1.82) is 0 Å². The number of rotatable bonds is 11. The van der Waals surface area contributed by atoms with Gasteiger partial charge in [-0.25, -0.2) is 8.42 Å². The molecule has 0 saturated heterocycles. The minimum Gasteiger partial charge on any atom is -0.497 e. The van der Waals surface area contributed by atoms with Gasteiger partial charge in [-0.1, -0.05) is 30.8 Å². The molecule has 2 aromatic rings. The van der Waals surface area contributed by atoms with Gasteiger partial charge in [0.2, 0.25) is 15.9 Å². The summed E-state index contributed by atoms with van der Waals surface area (Å²) in [5.41, 5.74) is 2.84. The third kappa shape index (κ3) is 8.53. The Morgan fingerprint density at radius 1 is 1.15 bits per heavy atom. The maximum atomic E-state index is 12.2. The van der Waals surface area contributed by atoms with Crippen LogP contribution in [0.5, 0.6) is 11.5 Å². The zero-order chi connectivity index (χ0) is 25.1. The Morgan fingerprint density at radius 2 is 1.91 bits per heavy atom. The Kier molecular flexibility index (Phi) is 10.1. The van der Waals surface area contributed by atoms with Crippen molar-refractivity contribution >= 4 is 44.9 Å². The molecule has 0 bridgehead atoms. The van der Waals surface area contributed by atoms with Gasteiger partial charge >= 0.3 is 0 Å². The van der Waals surface area contributed by atoms with Crippen LogP contribution < -0.4 is 24.8 Å². The fourth-order valence-corrected chi connectivity index (χ4v) is 4.46. The molecule has 34 heavy (non-hydrogen) atoms. The van der Waals surface area contributed by atoms with Crippen molar-refractivity contribution in [3.63, 3.8) is 0 Å². The Bertz CT molecular complexity index is 1180. The topological polar surface area (TPSA) is 106 Å². The zero-order valence-electron chi connectivity index (χ0n) is 19.4. The predicted molar refractivity (Wildman–Crippen MR) is 139 cm³/mol. The largest absolute Gasteiger partial charge is 0.497 e. The van der Waals surface area contributed by atoms with E-state index in [4.69, 9.17) is 21.7 Å². The first-order valence-electron chi connectivity index (χ1n) is 10.3. The summed E-state index contributed by atoms with van der Waals surface area (Å²) < 4.78 is 37.1. The summed E-state index contributed by atoms with van der Waals surface area (Å²) >= 11 is 4.85. The predicted octanol–water partition coefficient (Wildman–Crippen LogP) is 2.51. The molecule has 0 atom stereocenters. The first-order valence-corrected chi connectivity index (χ1v) is 12.4. The molecule has 0 heterocycles. The average Bonchev–Trinajstić information content (AvgIpc) is 2.82. The number of amides is 1. The highest BCUT2D eigenvalue weighted by Crippen LogP contribution is 2.25. The quantitative estimate of drug-likeness (QED) is 0.320. The number of carbonyl (C=O) groups excluding carboxylic acids is 1. The Labute approximate surface area is 206 Å². The molecule has 8 nitrogen and oxygen atoms in total. The van der Waals surface area contributed by atoms with Crippen LogP contribution in [0.15, 0.2) is 55.1 Å². The van der Waals surface area contributed by atoms with E-state index >= 15 is 0 Å². The molecular formula is C24H29N3O5S2. The van der Waals surface area contributed by atoms with E-state index < -0.39 is 10.0 Å². The second kappa shape index (κ2) is 12.8. The highest BCUT2D eigenvalue weighted by Gasteiger charge is 2.15. The van der Waals surface area contributed by atoms with E-state index in [1.165, 1.54) is 13.1 Å². The van der Waals surface area contributed by atoms with Gasteiger partial charge in [0.1, 0.15) is 11.5 Å². The Hall–Kier alpha value is -3.37. The van der Waals surface area contributed by atoms with Gasteiger partial charge < -0.3 is 20.1 Å². The number of sulfonamides is 1. The van der Waals surface area contributed by atoms with Crippen molar-refractivity contribution in [2.75, 3.05) is 33.6 Å². The summed E-state index contributed by atoms with van der Waals surface area (Å²) in [6.45, 7) is 4.30. The second-order valence-corrected chi connectivity index (χ2v) is 9.36. The second-order valence-electron chi connectivity index (χ2n) is 7.23. The molecule has 3 N–H and O–H groups in total. The average molecular weight is 504 g/mol. The van der Waals surface area contributed by atoms with E-state index in [1.807, 2.05) is 24.3 Å². The molecule has 0 aromatic heterocycles. The fourth-order valence-electron chi connectivity index (χ4n) is 3.00.